The van der Waals surface area contributed by atoms with Crippen molar-refractivity contribution in [2.45, 2.75) is 58.5 Å². The van der Waals surface area contributed by atoms with E-state index in [1.54, 1.807) is 0 Å². The van der Waals surface area contributed by atoms with Crippen LogP contribution in [-0.4, -0.2) is 11.6 Å². The van der Waals surface area contributed by atoms with Crippen LogP contribution in [0.3, 0.4) is 0 Å². The van der Waals surface area contributed by atoms with Gasteiger partial charge < -0.3 is 5.32 Å². The average Bonchev–Trinajstić information content (AvgIpc) is 2.07. The van der Waals surface area contributed by atoms with Gasteiger partial charge in [-0.3, -0.25) is 0 Å². The van der Waals surface area contributed by atoms with Crippen molar-refractivity contribution < 1.29 is 0 Å². The lowest BCUT2D eigenvalue weighted by Crippen LogP contribution is -2.40. The summed E-state index contributed by atoms with van der Waals surface area (Å²) >= 11 is 0. The number of rotatable bonds is 2. The van der Waals surface area contributed by atoms with E-state index in [1.165, 1.54) is 19.3 Å². The monoisotopic (exact) mass is 155 g/mol. The van der Waals surface area contributed by atoms with Crippen LogP contribution in [0.4, 0.5) is 0 Å². The van der Waals surface area contributed by atoms with Gasteiger partial charge in [0.15, 0.2) is 0 Å². The lowest BCUT2D eigenvalue weighted by molar-refractivity contribution is 0.313. The zero-order chi connectivity index (χ0) is 8.48. The molecule has 1 nitrogen and oxygen atoms in total. The van der Waals surface area contributed by atoms with Crippen molar-refractivity contribution in [3.8, 4) is 0 Å². The fourth-order valence-corrected chi connectivity index (χ4v) is 2.36. The molecule has 0 aromatic rings. The minimum absolute atomic E-state index is 0.384. The molecule has 2 atom stereocenters. The first-order valence-electron chi connectivity index (χ1n) is 4.84. The van der Waals surface area contributed by atoms with Gasteiger partial charge in [0.1, 0.15) is 0 Å². The predicted octanol–water partition coefficient (Wildman–Crippen LogP) is 2.56. The highest BCUT2D eigenvalue weighted by molar-refractivity contribution is 4.95. The Bertz CT molecular complexity index is 129. The molecule has 0 aliphatic carbocycles. The molecule has 0 radical (unpaired) electrons. The highest BCUT2D eigenvalue weighted by Gasteiger charge is 2.36. The third kappa shape index (κ3) is 1.96. The van der Waals surface area contributed by atoms with Gasteiger partial charge in [-0.15, -0.1) is 0 Å². The lowest BCUT2D eigenvalue weighted by Gasteiger charge is -2.26. The van der Waals surface area contributed by atoms with Crippen LogP contribution >= 0.6 is 0 Å². The molecule has 0 spiro atoms. The summed E-state index contributed by atoms with van der Waals surface area (Å²) in [7, 11) is 0. The Kier molecular flexibility index (Phi) is 2.58. The minimum Gasteiger partial charge on any atom is -0.309 e. The maximum atomic E-state index is 3.63. The summed E-state index contributed by atoms with van der Waals surface area (Å²) in [6.45, 7) is 9.23. The smallest absolute Gasteiger partial charge is 0.0156 e. The Labute approximate surface area is 70.6 Å². The van der Waals surface area contributed by atoms with Gasteiger partial charge in [-0.2, -0.15) is 0 Å². The quantitative estimate of drug-likeness (QED) is 0.646. The highest BCUT2D eigenvalue weighted by Crippen LogP contribution is 2.32. The van der Waals surface area contributed by atoms with Gasteiger partial charge in [-0.25, -0.2) is 0 Å². The van der Waals surface area contributed by atoms with Gasteiger partial charge in [0.05, 0.1) is 0 Å². The standard InChI is InChI=1S/C10H21N/c1-5-6-9-7-8(2)11-10(9,3)4/h8-9,11H,5-7H2,1-4H3. The molecule has 1 aliphatic heterocycles. The minimum atomic E-state index is 0.384. The molecule has 11 heavy (non-hydrogen) atoms. The summed E-state index contributed by atoms with van der Waals surface area (Å²) in [6, 6.07) is 0.724. The Balaban J connectivity index is 2.51. The van der Waals surface area contributed by atoms with E-state index < -0.39 is 0 Å². The second kappa shape index (κ2) is 3.14. The van der Waals surface area contributed by atoms with Crippen molar-refractivity contribution in [2.75, 3.05) is 0 Å². The van der Waals surface area contributed by atoms with Crippen molar-refractivity contribution in [3.63, 3.8) is 0 Å². The summed E-state index contributed by atoms with van der Waals surface area (Å²) in [5.41, 5.74) is 0.384. The van der Waals surface area contributed by atoms with Gasteiger partial charge in [0, 0.05) is 11.6 Å². The molecule has 1 heteroatoms. The molecule has 1 rings (SSSR count). The predicted molar refractivity (Wildman–Crippen MR) is 49.7 cm³/mol. The van der Waals surface area contributed by atoms with E-state index in [-0.39, 0.29) is 0 Å². The van der Waals surface area contributed by atoms with E-state index >= 15 is 0 Å². The SMILES string of the molecule is CCCC1CC(C)NC1(C)C. The number of hydrogen-bond acceptors (Lipinski definition) is 1. The Morgan fingerprint density at radius 3 is 2.45 bits per heavy atom. The van der Waals surface area contributed by atoms with Gasteiger partial charge >= 0.3 is 0 Å². The van der Waals surface area contributed by atoms with Crippen LogP contribution in [0.2, 0.25) is 0 Å². The average molecular weight is 155 g/mol. The van der Waals surface area contributed by atoms with Gasteiger partial charge in [-0.05, 0) is 39.5 Å². The molecule has 1 heterocycles. The maximum Gasteiger partial charge on any atom is 0.0156 e. The van der Waals surface area contributed by atoms with Crippen LogP contribution < -0.4 is 5.32 Å². The zero-order valence-corrected chi connectivity index (χ0v) is 8.28. The third-order valence-electron chi connectivity index (χ3n) is 2.91. The molecule has 66 valence electrons. The molecule has 0 aromatic carbocycles. The Hall–Kier alpha value is -0.0400. The van der Waals surface area contributed by atoms with Crippen LogP contribution in [0, 0.1) is 5.92 Å². The second-order valence-corrected chi connectivity index (χ2v) is 4.49. The fourth-order valence-electron chi connectivity index (χ4n) is 2.36. The van der Waals surface area contributed by atoms with Crippen molar-refractivity contribution in [1.29, 1.82) is 0 Å². The molecule has 0 saturated carbocycles. The van der Waals surface area contributed by atoms with Crippen molar-refractivity contribution in [2.24, 2.45) is 5.92 Å². The highest BCUT2D eigenvalue weighted by atomic mass is 15.0. The van der Waals surface area contributed by atoms with E-state index in [2.05, 4.69) is 33.0 Å². The largest absolute Gasteiger partial charge is 0.309 e. The van der Waals surface area contributed by atoms with Crippen molar-refractivity contribution in [3.05, 3.63) is 0 Å². The van der Waals surface area contributed by atoms with Gasteiger partial charge in [0.2, 0.25) is 0 Å². The second-order valence-electron chi connectivity index (χ2n) is 4.49. The fraction of sp³-hybridized carbons (Fsp3) is 1.00. The molecular formula is C10H21N. The summed E-state index contributed by atoms with van der Waals surface area (Å²) in [5.74, 6) is 0.891. The van der Waals surface area contributed by atoms with Crippen LogP contribution in [-0.2, 0) is 0 Å². The third-order valence-corrected chi connectivity index (χ3v) is 2.91. The van der Waals surface area contributed by atoms with E-state index in [0.29, 0.717) is 5.54 Å². The summed E-state index contributed by atoms with van der Waals surface area (Å²) in [5, 5.41) is 3.63. The van der Waals surface area contributed by atoms with Crippen LogP contribution in [0.1, 0.15) is 47.0 Å². The molecule has 0 aromatic heterocycles. The molecule has 1 saturated heterocycles. The van der Waals surface area contributed by atoms with Gasteiger partial charge in [0.25, 0.3) is 0 Å². The van der Waals surface area contributed by atoms with E-state index in [9.17, 15) is 0 Å². The maximum absolute atomic E-state index is 3.63. The molecular weight excluding hydrogens is 134 g/mol. The molecule has 1 fully saturated rings. The molecule has 2 unspecified atom stereocenters. The van der Waals surface area contributed by atoms with Crippen LogP contribution in [0.5, 0.6) is 0 Å². The molecule has 0 amide bonds. The first-order chi connectivity index (χ1) is 5.06. The first kappa shape index (κ1) is 9.05. The molecule has 1 aliphatic rings. The van der Waals surface area contributed by atoms with E-state index in [1.807, 2.05) is 0 Å². The summed E-state index contributed by atoms with van der Waals surface area (Å²) in [6.07, 6.45) is 4.06. The van der Waals surface area contributed by atoms with Crippen molar-refractivity contribution in [1.82, 2.24) is 5.32 Å². The molecule has 1 N–H and O–H groups in total. The van der Waals surface area contributed by atoms with Crippen LogP contribution in [0.15, 0.2) is 0 Å². The van der Waals surface area contributed by atoms with Crippen LogP contribution in [0.25, 0.3) is 0 Å². The Morgan fingerprint density at radius 1 is 1.45 bits per heavy atom. The lowest BCUT2D eigenvalue weighted by atomic mass is 9.85. The molecule has 0 bridgehead atoms. The Morgan fingerprint density at radius 2 is 2.09 bits per heavy atom. The van der Waals surface area contributed by atoms with E-state index in [0.717, 1.165) is 12.0 Å². The normalized spacial score (nSPS) is 36.0. The zero-order valence-electron chi connectivity index (χ0n) is 8.28. The summed E-state index contributed by atoms with van der Waals surface area (Å²) < 4.78 is 0. The van der Waals surface area contributed by atoms with E-state index in [4.69, 9.17) is 0 Å². The number of nitrogens with one attached hydrogen (secondary N) is 1. The topological polar surface area (TPSA) is 12.0 Å². The van der Waals surface area contributed by atoms with Gasteiger partial charge in [-0.1, -0.05) is 13.3 Å². The number of hydrogen-bond donors (Lipinski definition) is 1. The van der Waals surface area contributed by atoms with Crippen molar-refractivity contribution >= 4 is 0 Å². The first-order valence-corrected chi connectivity index (χ1v) is 4.84. The summed E-state index contributed by atoms with van der Waals surface area (Å²) in [4.78, 5) is 0.